The Balaban J connectivity index is 1.90. The molecule has 0 aromatic carbocycles. The standard InChI is InChI=1S/C12H13N3O3/c1-14-10(9(5-13-14)12(17)18)6-15-8-3-2-7(4-8)11(15)16/h2-3,5,7-8H,4,6H2,1H3,(H,17,18). The van der Waals surface area contributed by atoms with Crippen molar-refractivity contribution in [2.45, 2.75) is 19.0 Å². The first kappa shape index (κ1) is 11.0. The van der Waals surface area contributed by atoms with Crippen LogP contribution in [0.2, 0.25) is 0 Å². The first-order valence-electron chi connectivity index (χ1n) is 5.81. The molecule has 1 N–H and O–H groups in total. The quantitative estimate of drug-likeness (QED) is 0.785. The molecule has 18 heavy (non-hydrogen) atoms. The number of carboxylic acid groups (broad SMARTS) is 1. The van der Waals surface area contributed by atoms with Crippen molar-refractivity contribution in [1.82, 2.24) is 14.7 Å². The molecule has 1 aromatic rings. The number of aromatic carboxylic acids is 1. The maximum Gasteiger partial charge on any atom is 0.339 e. The summed E-state index contributed by atoms with van der Waals surface area (Å²) in [6, 6.07) is 0.110. The molecule has 0 radical (unpaired) electrons. The minimum absolute atomic E-state index is 0.0171. The van der Waals surface area contributed by atoms with E-state index in [4.69, 9.17) is 5.11 Å². The van der Waals surface area contributed by atoms with Crippen LogP contribution in [-0.2, 0) is 18.4 Å². The molecule has 1 aliphatic heterocycles. The van der Waals surface area contributed by atoms with E-state index >= 15 is 0 Å². The Bertz CT molecular complexity index is 561. The highest BCUT2D eigenvalue weighted by Gasteiger charge is 2.41. The van der Waals surface area contributed by atoms with Crippen LogP contribution in [0.15, 0.2) is 18.3 Å². The third-order valence-corrected chi connectivity index (χ3v) is 3.67. The van der Waals surface area contributed by atoms with Gasteiger partial charge in [-0.25, -0.2) is 4.79 Å². The zero-order chi connectivity index (χ0) is 12.9. The van der Waals surface area contributed by atoms with Crippen molar-refractivity contribution >= 4 is 11.9 Å². The highest BCUT2D eigenvalue weighted by molar-refractivity contribution is 5.89. The van der Waals surface area contributed by atoms with E-state index in [1.165, 1.54) is 10.9 Å². The summed E-state index contributed by atoms with van der Waals surface area (Å²) >= 11 is 0. The number of aryl methyl sites for hydroxylation is 1. The van der Waals surface area contributed by atoms with Crippen LogP contribution in [0.25, 0.3) is 0 Å². The summed E-state index contributed by atoms with van der Waals surface area (Å²) in [5, 5.41) is 13.0. The second kappa shape index (κ2) is 3.69. The van der Waals surface area contributed by atoms with Crippen LogP contribution in [0.4, 0.5) is 0 Å². The van der Waals surface area contributed by atoms with Gasteiger partial charge in [-0.05, 0) is 6.42 Å². The SMILES string of the molecule is Cn1ncc(C(=O)O)c1CN1C(=O)C2C=CC1C2. The molecule has 1 saturated heterocycles. The lowest BCUT2D eigenvalue weighted by atomic mass is 10.1. The van der Waals surface area contributed by atoms with Crippen LogP contribution in [-0.4, -0.2) is 37.7 Å². The highest BCUT2D eigenvalue weighted by atomic mass is 16.4. The number of nitrogens with zero attached hydrogens (tertiary/aromatic N) is 3. The van der Waals surface area contributed by atoms with Crippen molar-refractivity contribution in [3.05, 3.63) is 29.6 Å². The summed E-state index contributed by atoms with van der Waals surface area (Å²) in [5.74, 6) is -0.943. The molecule has 2 atom stereocenters. The topological polar surface area (TPSA) is 75.4 Å². The van der Waals surface area contributed by atoms with Crippen LogP contribution >= 0.6 is 0 Å². The van der Waals surface area contributed by atoms with Gasteiger partial charge in [-0.1, -0.05) is 12.2 Å². The summed E-state index contributed by atoms with van der Waals surface area (Å²) in [5.41, 5.74) is 0.730. The van der Waals surface area contributed by atoms with Crippen LogP contribution in [0, 0.1) is 5.92 Å². The molecule has 1 aromatic heterocycles. The van der Waals surface area contributed by atoms with E-state index in [0.29, 0.717) is 12.2 Å². The molecular formula is C12H13N3O3. The third-order valence-electron chi connectivity index (χ3n) is 3.67. The number of rotatable bonds is 3. The Hall–Kier alpha value is -2.11. The number of carboxylic acids is 1. The van der Waals surface area contributed by atoms with Gasteiger partial charge in [0.15, 0.2) is 0 Å². The van der Waals surface area contributed by atoms with E-state index in [1.807, 2.05) is 12.2 Å². The summed E-state index contributed by atoms with van der Waals surface area (Å²) in [7, 11) is 1.69. The molecule has 6 nitrogen and oxygen atoms in total. The number of hydrogen-bond acceptors (Lipinski definition) is 3. The smallest absolute Gasteiger partial charge is 0.339 e. The van der Waals surface area contributed by atoms with Gasteiger partial charge >= 0.3 is 5.97 Å². The van der Waals surface area contributed by atoms with E-state index in [0.717, 1.165) is 6.42 Å². The van der Waals surface area contributed by atoms with Crippen molar-refractivity contribution in [3.8, 4) is 0 Å². The average molecular weight is 247 g/mol. The molecular weight excluding hydrogens is 234 g/mol. The molecule has 2 aliphatic rings. The number of hydrogen-bond donors (Lipinski definition) is 1. The molecule has 2 heterocycles. The fourth-order valence-electron chi connectivity index (χ4n) is 2.66. The van der Waals surface area contributed by atoms with Gasteiger partial charge in [-0.2, -0.15) is 5.10 Å². The molecule has 1 fully saturated rings. The number of aromatic nitrogens is 2. The summed E-state index contributed by atoms with van der Waals surface area (Å²) in [4.78, 5) is 24.8. The van der Waals surface area contributed by atoms with E-state index in [2.05, 4.69) is 5.10 Å². The number of likely N-dealkylation sites (tertiary alicyclic amines) is 1. The molecule has 2 bridgehead atoms. The fourth-order valence-corrected chi connectivity index (χ4v) is 2.66. The highest BCUT2D eigenvalue weighted by Crippen LogP contribution is 2.34. The van der Waals surface area contributed by atoms with Crippen LogP contribution in [0.1, 0.15) is 22.5 Å². The van der Waals surface area contributed by atoms with E-state index < -0.39 is 5.97 Å². The first-order chi connectivity index (χ1) is 8.58. The van der Waals surface area contributed by atoms with Crippen molar-refractivity contribution < 1.29 is 14.7 Å². The molecule has 1 aliphatic carbocycles. The lowest BCUT2D eigenvalue weighted by molar-refractivity contribution is -0.131. The van der Waals surface area contributed by atoms with Gasteiger partial charge in [0.1, 0.15) is 5.56 Å². The second-order valence-corrected chi connectivity index (χ2v) is 4.69. The Kier molecular flexibility index (Phi) is 2.26. The van der Waals surface area contributed by atoms with Gasteiger partial charge in [0.2, 0.25) is 5.91 Å². The molecule has 2 unspecified atom stereocenters. The monoisotopic (exact) mass is 247 g/mol. The van der Waals surface area contributed by atoms with Crippen molar-refractivity contribution in [2.75, 3.05) is 0 Å². The Morgan fingerprint density at radius 2 is 2.33 bits per heavy atom. The Labute approximate surface area is 103 Å². The predicted octanol–water partition coefficient (Wildman–Crippen LogP) is 0.405. The average Bonchev–Trinajstić information content (AvgIpc) is 2.98. The first-order valence-corrected chi connectivity index (χ1v) is 5.81. The number of carbonyl (C=O) groups excluding carboxylic acids is 1. The zero-order valence-corrected chi connectivity index (χ0v) is 9.91. The van der Waals surface area contributed by atoms with Crippen molar-refractivity contribution in [3.63, 3.8) is 0 Å². The minimum Gasteiger partial charge on any atom is -0.478 e. The maximum atomic E-state index is 12.0. The molecule has 94 valence electrons. The molecule has 3 rings (SSSR count). The summed E-state index contributed by atoms with van der Waals surface area (Å²) in [6.07, 6.45) is 6.10. The van der Waals surface area contributed by atoms with E-state index in [9.17, 15) is 9.59 Å². The largest absolute Gasteiger partial charge is 0.478 e. The second-order valence-electron chi connectivity index (χ2n) is 4.69. The Morgan fingerprint density at radius 1 is 1.56 bits per heavy atom. The fraction of sp³-hybridized carbons (Fsp3) is 0.417. The lowest BCUT2D eigenvalue weighted by Crippen LogP contribution is -2.35. The van der Waals surface area contributed by atoms with Gasteiger partial charge in [-0.15, -0.1) is 0 Å². The molecule has 0 saturated carbocycles. The van der Waals surface area contributed by atoms with Gasteiger partial charge in [-0.3, -0.25) is 9.48 Å². The zero-order valence-electron chi connectivity index (χ0n) is 9.91. The van der Waals surface area contributed by atoms with Crippen molar-refractivity contribution in [2.24, 2.45) is 13.0 Å². The maximum absolute atomic E-state index is 12.0. The lowest BCUT2D eigenvalue weighted by Gasteiger charge is -2.24. The minimum atomic E-state index is -1.01. The number of fused-ring (bicyclic) bond motifs is 2. The molecule has 6 heteroatoms. The summed E-state index contributed by atoms with van der Waals surface area (Å²) in [6.45, 7) is 0.308. The van der Waals surface area contributed by atoms with Crippen LogP contribution < -0.4 is 0 Å². The van der Waals surface area contributed by atoms with Gasteiger partial charge in [0.05, 0.1) is 30.4 Å². The third kappa shape index (κ3) is 1.45. The number of amides is 1. The predicted molar refractivity (Wildman–Crippen MR) is 61.8 cm³/mol. The van der Waals surface area contributed by atoms with Gasteiger partial charge < -0.3 is 10.0 Å². The van der Waals surface area contributed by atoms with E-state index in [1.54, 1.807) is 11.9 Å². The Morgan fingerprint density at radius 3 is 2.94 bits per heavy atom. The molecule has 1 amide bonds. The van der Waals surface area contributed by atoms with Crippen LogP contribution in [0.3, 0.4) is 0 Å². The number of carbonyl (C=O) groups is 2. The van der Waals surface area contributed by atoms with Gasteiger partial charge in [0, 0.05) is 7.05 Å². The van der Waals surface area contributed by atoms with E-state index in [-0.39, 0.29) is 23.4 Å². The normalized spacial score (nSPS) is 25.2. The molecule has 0 spiro atoms. The summed E-state index contributed by atoms with van der Waals surface area (Å²) < 4.78 is 1.52. The van der Waals surface area contributed by atoms with Crippen LogP contribution in [0.5, 0.6) is 0 Å². The van der Waals surface area contributed by atoms with Gasteiger partial charge in [0.25, 0.3) is 0 Å². The van der Waals surface area contributed by atoms with Crippen molar-refractivity contribution in [1.29, 1.82) is 0 Å².